The smallest absolute Gasteiger partial charge is 0.0346 e. The van der Waals surface area contributed by atoms with Gasteiger partial charge in [-0.2, -0.15) is 0 Å². The number of unbranched alkanes of at least 4 members (excludes halogenated alkanes) is 1. The van der Waals surface area contributed by atoms with Gasteiger partial charge in [-0.1, -0.05) is 38.0 Å². The van der Waals surface area contributed by atoms with E-state index in [-0.39, 0.29) is 0 Å². The molecular formula is C14H19NS. The zero-order chi connectivity index (χ0) is 11.4. The number of benzene rings is 1. The second-order valence-electron chi connectivity index (χ2n) is 4.17. The molecular weight excluding hydrogens is 214 g/mol. The van der Waals surface area contributed by atoms with Gasteiger partial charge in [-0.3, -0.25) is 0 Å². The Bertz CT molecular complexity index is 447. The van der Waals surface area contributed by atoms with Crippen LogP contribution in [0.15, 0.2) is 29.6 Å². The first-order chi connectivity index (χ1) is 7.86. The van der Waals surface area contributed by atoms with Gasteiger partial charge in [0.2, 0.25) is 0 Å². The van der Waals surface area contributed by atoms with Crippen LogP contribution in [0.1, 0.15) is 37.8 Å². The van der Waals surface area contributed by atoms with Crippen molar-refractivity contribution in [2.24, 2.45) is 0 Å². The van der Waals surface area contributed by atoms with Crippen molar-refractivity contribution in [1.82, 2.24) is 5.32 Å². The van der Waals surface area contributed by atoms with Crippen molar-refractivity contribution in [1.29, 1.82) is 0 Å². The van der Waals surface area contributed by atoms with Crippen molar-refractivity contribution in [2.75, 3.05) is 7.05 Å². The van der Waals surface area contributed by atoms with Gasteiger partial charge in [0.1, 0.15) is 0 Å². The fraction of sp³-hybridized carbons (Fsp3) is 0.429. The van der Waals surface area contributed by atoms with Crippen molar-refractivity contribution in [3.05, 3.63) is 35.2 Å². The van der Waals surface area contributed by atoms with Crippen molar-refractivity contribution in [3.8, 4) is 0 Å². The predicted molar refractivity (Wildman–Crippen MR) is 73.2 cm³/mol. The highest BCUT2D eigenvalue weighted by Crippen LogP contribution is 2.32. The van der Waals surface area contributed by atoms with Gasteiger partial charge >= 0.3 is 0 Å². The molecule has 0 radical (unpaired) electrons. The third kappa shape index (κ3) is 2.28. The van der Waals surface area contributed by atoms with Crippen molar-refractivity contribution < 1.29 is 0 Å². The SMILES string of the molecule is CCCCC(NC)c1csc2ccccc12. The summed E-state index contributed by atoms with van der Waals surface area (Å²) in [6, 6.07) is 9.19. The van der Waals surface area contributed by atoms with Crippen LogP contribution >= 0.6 is 11.3 Å². The van der Waals surface area contributed by atoms with E-state index >= 15 is 0 Å². The van der Waals surface area contributed by atoms with Gasteiger partial charge < -0.3 is 5.32 Å². The van der Waals surface area contributed by atoms with E-state index in [1.807, 2.05) is 11.3 Å². The normalized spacial score (nSPS) is 13.1. The standard InChI is InChI=1S/C14H19NS/c1-3-4-8-13(15-2)12-10-16-14-9-6-5-7-11(12)14/h5-7,9-10,13,15H,3-4,8H2,1-2H3. The molecule has 0 amide bonds. The van der Waals surface area contributed by atoms with Gasteiger partial charge in [-0.05, 0) is 35.9 Å². The quantitative estimate of drug-likeness (QED) is 0.809. The maximum atomic E-state index is 3.44. The fourth-order valence-electron chi connectivity index (χ4n) is 2.13. The summed E-state index contributed by atoms with van der Waals surface area (Å²) >= 11 is 1.85. The van der Waals surface area contributed by atoms with Crippen LogP contribution in [-0.4, -0.2) is 7.05 Å². The molecule has 1 nitrogen and oxygen atoms in total. The summed E-state index contributed by atoms with van der Waals surface area (Å²) < 4.78 is 1.40. The van der Waals surface area contributed by atoms with E-state index in [0.717, 1.165) is 0 Å². The lowest BCUT2D eigenvalue weighted by Crippen LogP contribution is -2.15. The molecule has 1 aromatic carbocycles. The Hall–Kier alpha value is -0.860. The maximum absolute atomic E-state index is 3.44. The molecule has 0 aliphatic carbocycles. The number of nitrogens with one attached hydrogen (secondary N) is 1. The van der Waals surface area contributed by atoms with Crippen LogP contribution in [0.4, 0.5) is 0 Å². The van der Waals surface area contributed by atoms with Gasteiger partial charge in [-0.25, -0.2) is 0 Å². The maximum Gasteiger partial charge on any atom is 0.0346 e. The van der Waals surface area contributed by atoms with Crippen molar-refractivity contribution >= 4 is 21.4 Å². The highest BCUT2D eigenvalue weighted by Gasteiger charge is 2.12. The highest BCUT2D eigenvalue weighted by molar-refractivity contribution is 7.17. The molecule has 1 N–H and O–H groups in total. The molecule has 1 unspecified atom stereocenters. The number of rotatable bonds is 5. The molecule has 16 heavy (non-hydrogen) atoms. The van der Waals surface area contributed by atoms with Crippen LogP contribution in [0.5, 0.6) is 0 Å². The minimum atomic E-state index is 0.510. The number of thiophene rings is 1. The van der Waals surface area contributed by atoms with E-state index in [1.165, 1.54) is 34.9 Å². The third-order valence-electron chi connectivity index (χ3n) is 3.08. The molecule has 2 heteroatoms. The molecule has 0 bridgehead atoms. The summed E-state index contributed by atoms with van der Waals surface area (Å²) in [6.45, 7) is 2.25. The lowest BCUT2D eigenvalue weighted by Gasteiger charge is -2.15. The van der Waals surface area contributed by atoms with Crippen LogP contribution in [0.2, 0.25) is 0 Å². The Kier molecular flexibility index (Phi) is 3.97. The molecule has 0 fully saturated rings. The van der Waals surface area contributed by atoms with Crippen LogP contribution in [0.25, 0.3) is 10.1 Å². The third-order valence-corrected chi connectivity index (χ3v) is 4.06. The second-order valence-corrected chi connectivity index (χ2v) is 5.08. The van der Waals surface area contributed by atoms with E-state index < -0.39 is 0 Å². The Labute approximate surface area is 101 Å². The van der Waals surface area contributed by atoms with Crippen LogP contribution < -0.4 is 5.32 Å². The lowest BCUT2D eigenvalue weighted by atomic mass is 10.0. The molecule has 2 aromatic rings. The first kappa shape index (κ1) is 11.6. The summed E-state index contributed by atoms with van der Waals surface area (Å²) in [7, 11) is 2.06. The molecule has 1 aromatic heterocycles. The summed E-state index contributed by atoms with van der Waals surface area (Å²) in [4.78, 5) is 0. The summed E-state index contributed by atoms with van der Waals surface area (Å²) in [5, 5.41) is 7.16. The minimum absolute atomic E-state index is 0.510. The van der Waals surface area contributed by atoms with Crippen molar-refractivity contribution in [3.63, 3.8) is 0 Å². The number of hydrogen-bond acceptors (Lipinski definition) is 2. The number of hydrogen-bond donors (Lipinski definition) is 1. The molecule has 0 aliphatic heterocycles. The largest absolute Gasteiger partial charge is 0.313 e. The monoisotopic (exact) mass is 233 g/mol. The van der Waals surface area contributed by atoms with Gasteiger partial charge in [0.05, 0.1) is 0 Å². The molecule has 0 spiro atoms. The Morgan fingerprint density at radius 1 is 1.31 bits per heavy atom. The molecule has 0 saturated carbocycles. The molecule has 1 heterocycles. The molecule has 1 atom stereocenters. The van der Waals surface area contributed by atoms with Crippen LogP contribution in [0, 0.1) is 0 Å². The average Bonchev–Trinajstić information content (AvgIpc) is 2.75. The molecule has 86 valence electrons. The van der Waals surface area contributed by atoms with E-state index in [4.69, 9.17) is 0 Å². The van der Waals surface area contributed by atoms with Gasteiger partial charge in [0.15, 0.2) is 0 Å². The first-order valence-electron chi connectivity index (χ1n) is 6.00. The van der Waals surface area contributed by atoms with Gasteiger partial charge in [0.25, 0.3) is 0 Å². The fourth-order valence-corrected chi connectivity index (χ4v) is 3.15. The summed E-state index contributed by atoms with van der Waals surface area (Å²) in [6.07, 6.45) is 3.78. The van der Waals surface area contributed by atoms with Crippen LogP contribution in [0.3, 0.4) is 0 Å². The molecule has 0 saturated heterocycles. The molecule has 2 rings (SSSR count). The summed E-state index contributed by atoms with van der Waals surface area (Å²) in [5.74, 6) is 0. The zero-order valence-corrected chi connectivity index (χ0v) is 10.8. The highest BCUT2D eigenvalue weighted by atomic mass is 32.1. The van der Waals surface area contributed by atoms with Gasteiger partial charge in [-0.15, -0.1) is 11.3 Å². The van der Waals surface area contributed by atoms with Gasteiger partial charge in [0, 0.05) is 10.7 Å². The van der Waals surface area contributed by atoms with Crippen LogP contribution in [-0.2, 0) is 0 Å². The van der Waals surface area contributed by atoms with E-state index in [1.54, 1.807) is 0 Å². The average molecular weight is 233 g/mol. The zero-order valence-electron chi connectivity index (χ0n) is 9.99. The van der Waals surface area contributed by atoms with E-state index in [2.05, 4.69) is 48.9 Å². The Balaban J connectivity index is 2.30. The Morgan fingerprint density at radius 3 is 2.88 bits per heavy atom. The number of fused-ring (bicyclic) bond motifs is 1. The molecule has 0 aliphatic rings. The first-order valence-corrected chi connectivity index (χ1v) is 6.88. The lowest BCUT2D eigenvalue weighted by molar-refractivity contribution is 0.527. The Morgan fingerprint density at radius 2 is 2.12 bits per heavy atom. The van der Waals surface area contributed by atoms with E-state index in [9.17, 15) is 0 Å². The topological polar surface area (TPSA) is 12.0 Å². The van der Waals surface area contributed by atoms with Crippen molar-refractivity contribution in [2.45, 2.75) is 32.2 Å². The minimum Gasteiger partial charge on any atom is -0.313 e. The predicted octanol–water partition coefficient (Wildman–Crippen LogP) is 4.35. The van der Waals surface area contributed by atoms with E-state index in [0.29, 0.717) is 6.04 Å². The summed E-state index contributed by atoms with van der Waals surface area (Å²) in [5.41, 5.74) is 1.47. The second kappa shape index (κ2) is 5.46.